The van der Waals surface area contributed by atoms with Crippen LogP contribution in [0.15, 0.2) is 24.3 Å². The number of benzene rings is 1. The zero-order valence-electron chi connectivity index (χ0n) is 16.2. The van der Waals surface area contributed by atoms with Crippen molar-refractivity contribution in [3.05, 3.63) is 29.8 Å². The van der Waals surface area contributed by atoms with Gasteiger partial charge in [0, 0.05) is 57.4 Å². The number of carbonyl (C=O) groups is 1. The molecule has 7 nitrogen and oxygen atoms in total. The fourth-order valence-electron chi connectivity index (χ4n) is 3.67. The quantitative estimate of drug-likeness (QED) is 0.797. The molecule has 0 bridgehead atoms. The number of piperazine rings is 1. The largest absolute Gasteiger partial charge is 0.369 e. The topological polar surface area (TPSA) is 73.0 Å². The zero-order chi connectivity index (χ0) is 19.4. The first-order valence-corrected chi connectivity index (χ1v) is 11.4. The van der Waals surface area contributed by atoms with Gasteiger partial charge >= 0.3 is 0 Å². The molecule has 0 spiro atoms. The molecule has 1 aromatic carbocycles. The standard InChI is InChI=1S/C19H30N4O3S/c1-21-11-13-22(14-12-21)18-5-3-16(4-6-18)15-20-19(24)17-7-9-23(10-8-17)27(2,25)26/h3-6,17H,7-15H2,1-2H3,(H,20,24). The van der Waals surface area contributed by atoms with Gasteiger partial charge in [0.05, 0.1) is 6.26 Å². The van der Waals surface area contributed by atoms with E-state index in [4.69, 9.17) is 0 Å². The minimum absolute atomic E-state index is 0.0197. The van der Waals surface area contributed by atoms with E-state index in [-0.39, 0.29) is 11.8 Å². The van der Waals surface area contributed by atoms with Crippen LogP contribution in [0.2, 0.25) is 0 Å². The summed E-state index contributed by atoms with van der Waals surface area (Å²) in [6, 6.07) is 8.38. The van der Waals surface area contributed by atoms with Crippen LogP contribution in [-0.2, 0) is 21.4 Å². The summed E-state index contributed by atoms with van der Waals surface area (Å²) in [6.45, 7) is 5.60. The van der Waals surface area contributed by atoms with Crippen molar-refractivity contribution in [3.8, 4) is 0 Å². The molecule has 0 atom stereocenters. The minimum Gasteiger partial charge on any atom is -0.369 e. The summed E-state index contributed by atoms with van der Waals surface area (Å²) in [5.74, 6) is -0.0843. The maximum atomic E-state index is 12.4. The van der Waals surface area contributed by atoms with Crippen molar-refractivity contribution in [2.75, 3.05) is 57.5 Å². The highest BCUT2D eigenvalue weighted by Gasteiger charge is 2.28. The van der Waals surface area contributed by atoms with Crippen LogP contribution < -0.4 is 10.2 Å². The molecule has 1 N–H and O–H groups in total. The van der Waals surface area contributed by atoms with E-state index in [0.29, 0.717) is 32.5 Å². The molecule has 150 valence electrons. The van der Waals surface area contributed by atoms with Gasteiger partial charge in [-0.1, -0.05) is 12.1 Å². The SMILES string of the molecule is CN1CCN(c2ccc(CNC(=O)C3CCN(S(C)(=O)=O)CC3)cc2)CC1. The Morgan fingerprint density at radius 3 is 2.19 bits per heavy atom. The molecule has 0 saturated carbocycles. The highest BCUT2D eigenvalue weighted by Crippen LogP contribution is 2.20. The Morgan fingerprint density at radius 2 is 1.63 bits per heavy atom. The Bertz CT molecular complexity index is 735. The van der Waals surface area contributed by atoms with E-state index in [0.717, 1.165) is 31.7 Å². The number of piperidine rings is 1. The lowest BCUT2D eigenvalue weighted by molar-refractivity contribution is -0.126. The predicted molar refractivity (Wildman–Crippen MR) is 107 cm³/mol. The molecule has 2 fully saturated rings. The van der Waals surface area contributed by atoms with Crippen LogP contribution in [0.5, 0.6) is 0 Å². The second kappa shape index (κ2) is 8.58. The lowest BCUT2D eigenvalue weighted by Gasteiger charge is -2.34. The Balaban J connectivity index is 1.45. The highest BCUT2D eigenvalue weighted by molar-refractivity contribution is 7.88. The number of anilines is 1. The number of sulfonamides is 1. The van der Waals surface area contributed by atoms with Gasteiger partial charge < -0.3 is 15.1 Å². The monoisotopic (exact) mass is 394 g/mol. The van der Waals surface area contributed by atoms with Gasteiger partial charge in [-0.3, -0.25) is 4.79 Å². The van der Waals surface area contributed by atoms with E-state index >= 15 is 0 Å². The van der Waals surface area contributed by atoms with Crippen LogP contribution in [0.3, 0.4) is 0 Å². The first kappa shape index (κ1) is 20.1. The molecule has 2 saturated heterocycles. The second-order valence-corrected chi connectivity index (χ2v) is 9.59. The molecule has 2 heterocycles. The number of likely N-dealkylation sites (N-methyl/N-ethyl adjacent to an activating group) is 1. The van der Waals surface area contributed by atoms with Crippen molar-refractivity contribution in [2.45, 2.75) is 19.4 Å². The average molecular weight is 395 g/mol. The smallest absolute Gasteiger partial charge is 0.223 e. The second-order valence-electron chi connectivity index (χ2n) is 7.61. The van der Waals surface area contributed by atoms with Crippen molar-refractivity contribution < 1.29 is 13.2 Å². The summed E-state index contributed by atoms with van der Waals surface area (Å²) in [6.07, 6.45) is 2.39. The van der Waals surface area contributed by atoms with Gasteiger partial charge in [0.1, 0.15) is 0 Å². The number of amides is 1. The lowest BCUT2D eigenvalue weighted by Crippen LogP contribution is -2.44. The molecule has 8 heteroatoms. The number of hydrogen-bond donors (Lipinski definition) is 1. The Kier molecular flexibility index (Phi) is 6.39. The summed E-state index contributed by atoms with van der Waals surface area (Å²) < 4.78 is 24.6. The molecular formula is C19H30N4O3S. The fourth-order valence-corrected chi connectivity index (χ4v) is 4.55. The normalized spacial score (nSPS) is 20.6. The summed E-state index contributed by atoms with van der Waals surface area (Å²) in [4.78, 5) is 17.1. The molecule has 0 radical (unpaired) electrons. The predicted octanol–water partition coefficient (Wildman–Crippen LogP) is 0.726. The maximum absolute atomic E-state index is 12.4. The van der Waals surface area contributed by atoms with E-state index in [2.05, 4.69) is 46.4 Å². The molecule has 0 aromatic heterocycles. The van der Waals surface area contributed by atoms with Gasteiger partial charge in [-0.2, -0.15) is 0 Å². The van der Waals surface area contributed by atoms with Crippen LogP contribution in [0, 0.1) is 5.92 Å². The molecule has 3 rings (SSSR count). The van der Waals surface area contributed by atoms with Crippen molar-refractivity contribution >= 4 is 21.6 Å². The van der Waals surface area contributed by atoms with E-state index in [9.17, 15) is 13.2 Å². The molecule has 0 unspecified atom stereocenters. The van der Waals surface area contributed by atoms with Gasteiger partial charge in [0.2, 0.25) is 15.9 Å². The van der Waals surface area contributed by atoms with Crippen LogP contribution in [0.4, 0.5) is 5.69 Å². The molecule has 1 aromatic rings. The summed E-state index contributed by atoms with van der Waals surface area (Å²) >= 11 is 0. The molecular weight excluding hydrogens is 364 g/mol. The van der Waals surface area contributed by atoms with E-state index in [1.54, 1.807) is 0 Å². The molecule has 2 aliphatic heterocycles. The molecule has 27 heavy (non-hydrogen) atoms. The summed E-state index contributed by atoms with van der Waals surface area (Å²) in [5, 5.41) is 3.00. The van der Waals surface area contributed by atoms with Gasteiger partial charge in [-0.25, -0.2) is 12.7 Å². The number of nitrogens with zero attached hydrogens (tertiary/aromatic N) is 3. The zero-order valence-corrected chi connectivity index (χ0v) is 17.0. The van der Waals surface area contributed by atoms with Crippen LogP contribution in [0.1, 0.15) is 18.4 Å². The molecule has 2 aliphatic rings. The fraction of sp³-hybridized carbons (Fsp3) is 0.632. The lowest BCUT2D eigenvalue weighted by atomic mass is 9.97. The molecule has 0 aliphatic carbocycles. The number of hydrogen-bond acceptors (Lipinski definition) is 5. The Hall–Kier alpha value is -1.64. The van der Waals surface area contributed by atoms with Crippen molar-refractivity contribution in [2.24, 2.45) is 5.92 Å². The van der Waals surface area contributed by atoms with E-state index in [1.165, 1.54) is 16.2 Å². The number of rotatable bonds is 5. The number of nitrogens with one attached hydrogen (secondary N) is 1. The van der Waals surface area contributed by atoms with Crippen molar-refractivity contribution in [3.63, 3.8) is 0 Å². The van der Waals surface area contributed by atoms with Gasteiger partial charge in [0.25, 0.3) is 0 Å². The minimum atomic E-state index is -3.15. The highest BCUT2D eigenvalue weighted by atomic mass is 32.2. The van der Waals surface area contributed by atoms with Gasteiger partial charge in [-0.15, -0.1) is 0 Å². The first-order valence-electron chi connectivity index (χ1n) is 9.58. The third-order valence-electron chi connectivity index (χ3n) is 5.57. The van der Waals surface area contributed by atoms with Crippen LogP contribution in [0.25, 0.3) is 0 Å². The third kappa shape index (κ3) is 5.43. The van der Waals surface area contributed by atoms with Crippen molar-refractivity contribution in [1.82, 2.24) is 14.5 Å². The van der Waals surface area contributed by atoms with Gasteiger partial charge in [-0.05, 0) is 37.6 Å². The number of carbonyl (C=O) groups excluding carboxylic acids is 1. The summed E-state index contributed by atoms with van der Waals surface area (Å²) in [5.41, 5.74) is 2.31. The maximum Gasteiger partial charge on any atom is 0.223 e. The Labute approximate surface area is 162 Å². The Morgan fingerprint density at radius 1 is 1.04 bits per heavy atom. The van der Waals surface area contributed by atoms with Crippen molar-refractivity contribution in [1.29, 1.82) is 0 Å². The summed E-state index contributed by atoms with van der Waals surface area (Å²) in [7, 11) is -1.00. The van der Waals surface area contributed by atoms with Crippen LogP contribution in [-0.4, -0.2) is 76.1 Å². The first-order chi connectivity index (χ1) is 12.8. The van der Waals surface area contributed by atoms with Crippen LogP contribution >= 0.6 is 0 Å². The third-order valence-corrected chi connectivity index (χ3v) is 6.87. The molecule has 1 amide bonds. The van der Waals surface area contributed by atoms with E-state index < -0.39 is 10.0 Å². The average Bonchev–Trinajstić information content (AvgIpc) is 2.66. The van der Waals surface area contributed by atoms with E-state index in [1.807, 2.05) is 0 Å². The van der Waals surface area contributed by atoms with Gasteiger partial charge in [0.15, 0.2) is 0 Å².